The summed E-state index contributed by atoms with van der Waals surface area (Å²) in [5.41, 5.74) is 5.86. The van der Waals surface area contributed by atoms with E-state index >= 15 is 0 Å². The van der Waals surface area contributed by atoms with Gasteiger partial charge in [0.2, 0.25) is 0 Å². The molecule has 0 aromatic rings. The number of nitrogens with zero attached hydrogens (tertiary/aromatic N) is 1. The van der Waals surface area contributed by atoms with Crippen LogP contribution in [-0.2, 0) is 4.74 Å². The second-order valence-corrected chi connectivity index (χ2v) is 3.89. The number of rotatable bonds is 1. The van der Waals surface area contributed by atoms with E-state index < -0.39 is 0 Å². The van der Waals surface area contributed by atoms with E-state index in [-0.39, 0.29) is 0 Å². The second-order valence-electron chi connectivity index (χ2n) is 3.89. The van der Waals surface area contributed by atoms with Crippen LogP contribution in [0.2, 0.25) is 0 Å². The molecule has 1 atom stereocenters. The molecular formula is C9H18N2O. The predicted octanol–water partition coefficient (Wildman–Crippen LogP) is 0.198. The molecule has 2 saturated heterocycles. The van der Waals surface area contributed by atoms with Crippen molar-refractivity contribution >= 4 is 0 Å². The first kappa shape index (κ1) is 8.48. The van der Waals surface area contributed by atoms with Crippen LogP contribution in [0.25, 0.3) is 0 Å². The normalized spacial score (nSPS) is 34.2. The van der Waals surface area contributed by atoms with Crippen LogP contribution in [0.15, 0.2) is 0 Å². The lowest BCUT2D eigenvalue weighted by Gasteiger charge is -2.30. The fourth-order valence-electron chi connectivity index (χ4n) is 2.20. The highest BCUT2D eigenvalue weighted by molar-refractivity contribution is 4.84. The minimum Gasteiger partial charge on any atom is -0.381 e. The molecule has 0 aliphatic carbocycles. The first-order valence-corrected chi connectivity index (χ1v) is 4.93. The Bertz CT molecular complexity index is 143. The highest BCUT2D eigenvalue weighted by atomic mass is 16.5. The van der Waals surface area contributed by atoms with Gasteiger partial charge in [0.1, 0.15) is 0 Å². The molecule has 0 radical (unpaired) electrons. The Labute approximate surface area is 73.9 Å². The summed E-state index contributed by atoms with van der Waals surface area (Å²) >= 11 is 0. The molecule has 2 heterocycles. The maximum Gasteiger partial charge on any atom is 0.0480 e. The Morgan fingerprint density at radius 2 is 1.92 bits per heavy atom. The van der Waals surface area contributed by atoms with Gasteiger partial charge in [0.15, 0.2) is 0 Å². The van der Waals surface area contributed by atoms with E-state index in [4.69, 9.17) is 10.5 Å². The maximum atomic E-state index is 5.86. The van der Waals surface area contributed by atoms with E-state index in [1.54, 1.807) is 0 Å². The number of ether oxygens (including phenoxy) is 1. The third-order valence-electron chi connectivity index (χ3n) is 2.96. The van der Waals surface area contributed by atoms with Crippen LogP contribution in [0.5, 0.6) is 0 Å². The molecule has 0 bridgehead atoms. The largest absolute Gasteiger partial charge is 0.381 e. The topological polar surface area (TPSA) is 38.5 Å². The van der Waals surface area contributed by atoms with Crippen LogP contribution in [0.4, 0.5) is 0 Å². The highest BCUT2D eigenvalue weighted by Gasteiger charge is 2.27. The molecule has 0 spiro atoms. The van der Waals surface area contributed by atoms with Crippen LogP contribution in [0, 0.1) is 0 Å². The highest BCUT2D eigenvalue weighted by Crippen LogP contribution is 2.18. The SMILES string of the molecule is NC1CCN(C2CCOCC2)C1. The van der Waals surface area contributed by atoms with Crippen molar-refractivity contribution in [2.24, 2.45) is 5.73 Å². The monoisotopic (exact) mass is 170 g/mol. The molecule has 3 heteroatoms. The Balaban J connectivity index is 1.83. The lowest BCUT2D eigenvalue weighted by atomic mass is 10.1. The summed E-state index contributed by atoms with van der Waals surface area (Å²) in [5, 5.41) is 0. The third kappa shape index (κ3) is 1.79. The first-order valence-electron chi connectivity index (χ1n) is 4.93. The van der Waals surface area contributed by atoms with Gasteiger partial charge in [0, 0.05) is 38.4 Å². The van der Waals surface area contributed by atoms with Crippen molar-refractivity contribution < 1.29 is 4.74 Å². The number of hydrogen-bond donors (Lipinski definition) is 1. The van der Waals surface area contributed by atoms with Crippen LogP contribution < -0.4 is 5.73 Å². The molecule has 0 aromatic carbocycles. The molecule has 12 heavy (non-hydrogen) atoms. The summed E-state index contributed by atoms with van der Waals surface area (Å²) in [6.07, 6.45) is 3.58. The number of likely N-dealkylation sites (tertiary alicyclic amines) is 1. The van der Waals surface area contributed by atoms with Crippen molar-refractivity contribution in [2.45, 2.75) is 31.3 Å². The Kier molecular flexibility index (Phi) is 2.63. The maximum absolute atomic E-state index is 5.86. The zero-order valence-corrected chi connectivity index (χ0v) is 7.54. The van der Waals surface area contributed by atoms with E-state index in [1.165, 1.54) is 25.8 Å². The molecule has 2 aliphatic heterocycles. The van der Waals surface area contributed by atoms with Crippen LogP contribution in [-0.4, -0.2) is 43.3 Å². The lowest BCUT2D eigenvalue weighted by Crippen LogP contribution is -2.39. The average Bonchev–Trinajstić information content (AvgIpc) is 2.54. The van der Waals surface area contributed by atoms with Crippen molar-refractivity contribution in [3.05, 3.63) is 0 Å². The fraction of sp³-hybridized carbons (Fsp3) is 1.00. The summed E-state index contributed by atoms with van der Waals surface area (Å²) < 4.78 is 5.33. The Morgan fingerprint density at radius 1 is 1.17 bits per heavy atom. The van der Waals surface area contributed by atoms with Gasteiger partial charge in [-0.15, -0.1) is 0 Å². The van der Waals surface area contributed by atoms with E-state index in [9.17, 15) is 0 Å². The number of nitrogens with two attached hydrogens (primary N) is 1. The van der Waals surface area contributed by atoms with Gasteiger partial charge < -0.3 is 10.5 Å². The van der Waals surface area contributed by atoms with Gasteiger partial charge in [-0.05, 0) is 19.3 Å². The van der Waals surface area contributed by atoms with Crippen molar-refractivity contribution in [3.63, 3.8) is 0 Å². The smallest absolute Gasteiger partial charge is 0.0480 e. The van der Waals surface area contributed by atoms with Gasteiger partial charge in [-0.2, -0.15) is 0 Å². The van der Waals surface area contributed by atoms with Gasteiger partial charge in [-0.25, -0.2) is 0 Å². The van der Waals surface area contributed by atoms with Crippen molar-refractivity contribution in [3.8, 4) is 0 Å². The zero-order valence-electron chi connectivity index (χ0n) is 7.54. The van der Waals surface area contributed by atoms with E-state index in [2.05, 4.69) is 4.90 Å². The minimum absolute atomic E-state index is 0.424. The van der Waals surface area contributed by atoms with Gasteiger partial charge in [-0.3, -0.25) is 4.90 Å². The first-order chi connectivity index (χ1) is 5.86. The fourth-order valence-corrected chi connectivity index (χ4v) is 2.20. The van der Waals surface area contributed by atoms with Crippen LogP contribution >= 0.6 is 0 Å². The van der Waals surface area contributed by atoms with Gasteiger partial charge in [0.05, 0.1) is 0 Å². The summed E-state index contributed by atoms with van der Waals surface area (Å²) in [6.45, 7) is 4.18. The average molecular weight is 170 g/mol. The van der Waals surface area contributed by atoms with Gasteiger partial charge >= 0.3 is 0 Å². The summed E-state index contributed by atoms with van der Waals surface area (Å²) in [5.74, 6) is 0. The molecular weight excluding hydrogens is 152 g/mol. The minimum atomic E-state index is 0.424. The third-order valence-corrected chi connectivity index (χ3v) is 2.96. The standard InChI is InChI=1S/C9H18N2O/c10-8-1-4-11(7-8)9-2-5-12-6-3-9/h8-9H,1-7,10H2. The van der Waals surface area contributed by atoms with Crippen LogP contribution in [0.1, 0.15) is 19.3 Å². The Morgan fingerprint density at radius 3 is 2.50 bits per heavy atom. The molecule has 2 rings (SSSR count). The number of hydrogen-bond acceptors (Lipinski definition) is 3. The van der Waals surface area contributed by atoms with Crippen LogP contribution in [0.3, 0.4) is 0 Å². The molecule has 1 unspecified atom stereocenters. The second kappa shape index (κ2) is 3.73. The predicted molar refractivity (Wildman–Crippen MR) is 48.0 cm³/mol. The van der Waals surface area contributed by atoms with Crippen molar-refractivity contribution in [1.29, 1.82) is 0 Å². The van der Waals surface area contributed by atoms with E-state index in [1.807, 2.05) is 0 Å². The molecule has 2 aliphatic rings. The lowest BCUT2D eigenvalue weighted by molar-refractivity contribution is 0.0420. The van der Waals surface area contributed by atoms with Crippen molar-refractivity contribution in [2.75, 3.05) is 26.3 Å². The van der Waals surface area contributed by atoms with Crippen molar-refractivity contribution in [1.82, 2.24) is 4.90 Å². The Hall–Kier alpha value is -0.120. The molecule has 70 valence electrons. The molecule has 0 amide bonds. The zero-order chi connectivity index (χ0) is 8.39. The van der Waals surface area contributed by atoms with Gasteiger partial charge in [0.25, 0.3) is 0 Å². The van der Waals surface area contributed by atoms with Gasteiger partial charge in [-0.1, -0.05) is 0 Å². The summed E-state index contributed by atoms with van der Waals surface area (Å²) in [7, 11) is 0. The molecule has 2 fully saturated rings. The molecule has 0 aromatic heterocycles. The molecule has 3 nitrogen and oxygen atoms in total. The van der Waals surface area contributed by atoms with E-state index in [0.29, 0.717) is 6.04 Å². The van der Waals surface area contributed by atoms with E-state index in [0.717, 1.165) is 25.8 Å². The summed E-state index contributed by atoms with van der Waals surface area (Å²) in [4.78, 5) is 2.53. The molecule has 0 saturated carbocycles. The molecule has 2 N–H and O–H groups in total. The summed E-state index contributed by atoms with van der Waals surface area (Å²) in [6, 6.07) is 1.18. The quantitative estimate of drug-likeness (QED) is 0.611.